The van der Waals surface area contributed by atoms with E-state index in [1.807, 2.05) is 20.8 Å². The first-order valence-corrected chi connectivity index (χ1v) is 18.5. The van der Waals surface area contributed by atoms with Gasteiger partial charge in [-0.3, -0.25) is 15.0 Å². The van der Waals surface area contributed by atoms with E-state index in [0.29, 0.717) is 52.6 Å². The molecule has 0 N–H and O–H groups in total. The Labute approximate surface area is 247 Å². The highest BCUT2D eigenvalue weighted by Crippen LogP contribution is 2.36. The smallest absolute Gasteiger partial charge is 0.182 e. The molecule has 12 heteroatoms. The van der Waals surface area contributed by atoms with Gasteiger partial charge in [-0.15, -0.1) is 0 Å². The van der Waals surface area contributed by atoms with Crippen molar-refractivity contribution in [1.82, 2.24) is 15.0 Å². The van der Waals surface area contributed by atoms with E-state index in [-0.39, 0.29) is 14.7 Å². The average Bonchev–Trinajstić information content (AvgIpc) is 2.98. The summed E-state index contributed by atoms with van der Waals surface area (Å²) in [4.78, 5) is 12.0. The summed E-state index contributed by atoms with van der Waals surface area (Å²) >= 11 is 0. The first-order valence-electron chi connectivity index (χ1n) is 13.5. The second-order valence-electron chi connectivity index (χ2n) is 9.76. The quantitative estimate of drug-likeness (QED) is 0.222. The molecule has 3 aromatic heterocycles. The molecule has 0 spiro atoms. The fraction of sp³-hybridized carbons (Fsp3) is 0.300. The second kappa shape index (κ2) is 12.8. The Morgan fingerprint density at radius 1 is 0.405 bits per heavy atom. The lowest BCUT2D eigenvalue weighted by Crippen LogP contribution is -2.20. The highest BCUT2D eigenvalue weighted by molar-refractivity contribution is 7.91. The normalized spacial score (nSPS) is 12.4. The van der Waals surface area contributed by atoms with Gasteiger partial charge in [0.1, 0.15) is 0 Å². The molecule has 1 aromatic carbocycles. The Hall–Kier alpha value is -3.48. The Morgan fingerprint density at radius 2 is 0.619 bits per heavy atom. The van der Waals surface area contributed by atoms with E-state index in [4.69, 9.17) is 0 Å². The van der Waals surface area contributed by atoms with Crippen LogP contribution in [-0.2, 0) is 66.0 Å². The monoisotopic (exact) mass is 627 g/mol. The van der Waals surface area contributed by atoms with E-state index >= 15 is 0 Å². The first kappa shape index (κ1) is 31.5. The molecule has 9 nitrogen and oxygen atoms in total. The topological polar surface area (TPSA) is 141 Å². The van der Waals surface area contributed by atoms with Gasteiger partial charge in [0.2, 0.25) is 0 Å². The third-order valence-corrected chi connectivity index (χ3v) is 12.3. The maximum absolute atomic E-state index is 13.7. The van der Waals surface area contributed by atoms with E-state index in [0.717, 1.165) is 0 Å². The Bertz CT molecular complexity index is 1640. The van der Waals surface area contributed by atoms with Gasteiger partial charge in [-0.1, -0.05) is 20.8 Å². The minimum absolute atomic E-state index is 0.0816. The number of nitrogens with zero attached hydrogens (tertiary/aromatic N) is 3. The SMILES string of the molecule is CCc1c(CS(=O)(=O)c2ccncc2)c(CC)c(CS(=O)(=O)c2ccncc2)c(CC)c1CS(=O)(=O)c1ccncc1. The summed E-state index contributed by atoms with van der Waals surface area (Å²) in [5, 5.41) is 0. The molecule has 0 bridgehead atoms. The van der Waals surface area contributed by atoms with Crippen LogP contribution in [0.25, 0.3) is 0 Å². The molecule has 4 rings (SSSR count). The van der Waals surface area contributed by atoms with E-state index < -0.39 is 46.8 Å². The van der Waals surface area contributed by atoms with Crippen LogP contribution in [0.5, 0.6) is 0 Å². The summed E-state index contributed by atoms with van der Waals surface area (Å²) in [6, 6.07) is 8.48. The zero-order valence-electron chi connectivity index (χ0n) is 23.7. The minimum Gasteiger partial charge on any atom is -0.265 e. The Balaban J connectivity index is 2.02. The van der Waals surface area contributed by atoms with Crippen LogP contribution in [0.1, 0.15) is 54.2 Å². The lowest BCUT2D eigenvalue weighted by molar-refractivity contribution is 0.594. The number of benzene rings is 1. The Morgan fingerprint density at radius 3 is 0.810 bits per heavy atom. The molecular formula is C30H33N3O6S3. The van der Waals surface area contributed by atoms with Crippen molar-refractivity contribution in [3.63, 3.8) is 0 Å². The van der Waals surface area contributed by atoms with Gasteiger partial charge in [-0.25, -0.2) is 25.3 Å². The maximum Gasteiger partial charge on any atom is 0.182 e. The fourth-order valence-corrected chi connectivity index (χ4v) is 9.65. The number of pyridine rings is 3. The van der Waals surface area contributed by atoms with Gasteiger partial charge in [0.15, 0.2) is 29.5 Å². The minimum atomic E-state index is -3.88. The standard InChI is InChI=1S/C30H33N3O6S3/c1-4-25-28(19-40(34,35)22-7-13-31-14-8-22)26(5-2)30(21-42(38,39)24-11-17-33-18-12-24)27(6-3)29(25)20-41(36,37)23-9-15-32-16-10-23/h7-18H,4-6,19-21H2,1-3H3. The number of aromatic nitrogens is 3. The highest BCUT2D eigenvalue weighted by Gasteiger charge is 2.30. The van der Waals surface area contributed by atoms with Crippen LogP contribution in [0.2, 0.25) is 0 Å². The summed E-state index contributed by atoms with van der Waals surface area (Å²) in [5.41, 5.74) is 3.20. The van der Waals surface area contributed by atoms with Crippen molar-refractivity contribution in [3.8, 4) is 0 Å². The van der Waals surface area contributed by atoms with E-state index in [9.17, 15) is 25.3 Å². The zero-order chi connectivity index (χ0) is 30.5. The van der Waals surface area contributed by atoms with E-state index in [1.165, 1.54) is 73.6 Å². The summed E-state index contributed by atoms with van der Waals surface area (Å²) in [6.45, 7) is 5.56. The van der Waals surface area contributed by atoms with Crippen molar-refractivity contribution in [2.45, 2.75) is 72.0 Å². The molecule has 0 amide bonds. The molecule has 0 atom stereocenters. The van der Waals surface area contributed by atoms with Crippen molar-refractivity contribution >= 4 is 29.5 Å². The highest BCUT2D eigenvalue weighted by atomic mass is 32.2. The van der Waals surface area contributed by atoms with Crippen molar-refractivity contribution in [2.75, 3.05) is 0 Å². The van der Waals surface area contributed by atoms with Gasteiger partial charge < -0.3 is 0 Å². The van der Waals surface area contributed by atoms with Crippen LogP contribution in [0.4, 0.5) is 0 Å². The molecule has 4 aromatic rings. The molecule has 0 saturated carbocycles. The van der Waals surface area contributed by atoms with Crippen LogP contribution < -0.4 is 0 Å². The van der Waals surface area contributed by atoms with Crippen LogP contribution in [0, 0.1) is 0 Å². The molecule has 0 radical (unpaired) electrons. The van der Waals surface area contributed by atoms with Crippen molar-refractivity contribution in [1.29, 1.82) is 0 Å². The number of hydrogen-bond acceptors (Lipinski definition) is 9. The molecule has 3 heterocycles. The molecule has 0 saturated heterocycles. The summed E-state index contributed by atoms with van der Waals surface area (Å²) in [7, 11) is -11.6. The molecule has 0 aliphatic rings. The molecule has 0 aliphatic heterocycles. The van der Waals surface area contributed by atoms with Gasteiger partial charge in [0.25, 0.3) is 0 Å². The van der Waals surface area contributed by atoms with Gasteiger partial charge in [0, 0.05) is 37.2 Å². The summed E-state index contributed by atoms with van der Waals surface area (Å²) in [5.74, 6) is -1.21. The predicted molar refractivity (Wildman–Crippen MR) is 160 cm³/mol. The average molecular weight is 628 g/mol. The predicted octanol–water partition coefficient (Wildman–Crippen LogP) is 4.48. The van der Waals surface area contributed by atoms with Crippen molar-refractivity contribution < 1.29 is 25.3 Å². The fourth-order valence-electron chi connectivity index (χ4n) is 5.35. The van der Waals surface area contributed by atoms with Crippen LogP contribution in [0.15, 0.2) is 88.3 Å². The van der Waals surface area contributed by atoms with Crippen molar-refractivity contribution in [3.05, 3.63) is 107 Å². The molecule has 0 unspecified atom stereocenters. The number of hydrogen-bond donors (Lipinski definition) is 0. The summed E-state index contributed by atoms with van der Waals surface area (Å²) in [6.07, 6.45) is 9.46. The van der Waals surface area contributed by atoms with E-state index in [1.54, 1.807) is 0 Å². The third kappa shape index (κ3) is 6.61. The van der Waals surface area contributed by atoms with Gasteiger partial charge in [-0.2, -0.15) is 0 Å². The Kier molecular flexibility index (Phi) is 9.59. The van der Waals surface area contributed by atoms with Crippen molar-refractivity contribution in [2.24, 2.45) is 0 Å². The number of rotatable bonds is 12. The molecule has 0 fully saturated rings. The van der Waals surface area contributed by atoms with Gasteiger partial charge >= 0.3 is 0 Å². The first-order chi connectivity index (χ1) is 19.9. The third-order valence-electron chi connectivity index (χ3n) is 7.28. The second-order valence-corrected chi connectivity index (χ2v) is 15.7. The number of sulfone groups is 3. The molecular weight excluding hydrogens is 595 g/mol. The summed E-state index contributed by atoms with van der Waals surface area (Å²) < 4.78 is 81.9. The van der Waals surface area contributed by atoms with Crippen LogP contribution >= 0.6 is 0 Å². The van der Waals surface area contributed by atoms with Crippen LogP contribution in [0.3, 0.4) is 0 Å². The largest absolute Gasteiger partial charge is 0.265 e. The molecule has 42 heavy (non-hydrogen) atoms. The molecule has 222 valence electrons. The lowest BCUT2D eigenvalue weighted by atomic mass is 9.85. The lowest BCUT2D eigenvalue weighted by Gasteiger charge is -2.26. The van der Waals surface area contributed by atoms with E-state index in [2.05, 4.69) is 15.0 Å². The van der Waals surface area contributed by atoms with Gasteiger partial charge in [0.05, 0.1) is 31.9 Å². The molecule has 0 aliphatic carbocycles. The van der Waals surface area contributed by atoms with Crippen LogP contribution in [-0.4, -0.2) is 40.2 Å². The zero-order valence-corrected chi connectivity index (χ0v) is 26.1. The maximum atomic E-state index is 13.7. The van der Waals surface area contributed by atoms with Gasteiger partial charge in [-0.05, 0) is 89.0 Å².